The summed E-state index contributed by atoms with van der Waals surface area (Å²) >= 11 is 2.49. The Morgan fingerprint density at radius 3 is 2.78 bits per heavy atom. The van der Waals surface area contributed by atoms with Crippen LogP contribution in [0.4, 0.5) is 5.13 Å². The number of nitrogen functional groups attached to an aromatic ring is 1. The van der Waals surface area contributed by atoms with Crippen molar-refractivity contribution >= 4 is 57.7 Å². The molecule has 0 aromatic carbocycles. The molecule has 1 saturated heterocycles. The van der Waals surface area contributed by atoms with E-state index < -0.39 is 41.5 Å². The average molecular weight is 484 g/mol. The Balaban J connectivity index is 1.66. The number of hydrogen-bond acceptors (Lipinski definition) is 12. The summed E-state index contributed by atoms with van der Waals surface area (Å²) in [7, 11) is 1.28. The van der Waals surface area contributed by atoms with E-state index in [1.807, 2.05) is 0 Å². The number of aromatic nitrogens is 1. The number of β-lactam (4-membered cyclic amide) rings is 1. The zero-order valence-electron chi connectivity index (χ0n) is 17.4. The molecule has 14 heteroatoms. The first-order valence-corrected chi connectivity index (χ1v) is 11.4. The number of thioether (sulfide) groups is 1. The second-order valence-corrected chi connectivity index (χ2v) is 8.52. The summed E-state index contributed by atoms with van der Waals surface area (Å²) in [5.41, 5.74) is 5.72. The van der Waals surface area contributed by atoms with E-state index in [1.54, 1.807) is 18.4 Å². The quantitative estimate of drug-likeness (QED) is 0.172. The van der Waals surface area contributed by atoms with Crippen LogP contribution in [0.2, 0.25) is 0 Å². The Labute approximate surface area is 191 Å². The number of esters is 2. The van der Waals surface area contributed by atoms with Crippen LogP contribution in [0.5, 0.6) is 0 Å². The van der Waals surface area contributed by atoms with Crippen LogP contribution in [-0.2, 0) is 33.5 Å². The third-order valence-electron chi connectivity index (χ3n) is 4.36. The molecule has 3 N–H and O–H groups in total. The Morgan fingerprint density at radius 2 is 2.16 bits per heavy atom. The molecule has 0 bridgehead atoms. The molecule has 0 aliphatic carbocycles. The van der Waals surface area contributed by atoms with Gasteiger partial charge in [0, 0.05) is 24.5 Å². The van der Waals surface area contributed by atoms with E-state index in [2.05, 4.69) is 15.5 Å². The fourth-order valence-electron chi connectivity index (χ4n) is 2.93. The van der Waals surface area contributed by atoms with E-state index in [1.165, 1.54) is 30.7 Å². The van der Waals surface area contributed by atoms with Crippen LogP contribution in [0.1, 0.15) is 26.0 Å². The third kappa shape index (κ3) is 4.85. The number of hydrogen-bond donors (Lipinski definition) is 2. The first kappa shape index (κ1) is 23.5. The molecule has 1 aromatic heterocycles. The van der Waals surface area contributed by atoms with E-state index in [4.69, 9.17) is 20.0 Å². The van der Waals surface area contributed by atoms with Crippen molar-refractivity contribution in [2.45, 2.75) is 38.0 Å². The van der Waals surface area contributed by atoms with Crippen LogP contribution in [0, 0.1) is 0 Å². The summed E-state index contributed by atoms with van der Waals surface area (Å²) in [5.74, 6) is -2.07. The van der Waals surface area contributed by atoms with Crippen molar-refractivity contribution < 1.29 is 33.5 Å². The van der Waals surface area contributed by atoms with Crippen LogP contribution in [0.25, 0.3) is 0 Å². The van der Waals surface area contributed by atoms with Gasteiger partial charge in [0.15, 0.2) is 10.8 Å². The highest BCUT2D eigenvalue weighted by Crippen LogP contribution is 2.38. The van der Waals surface area contributed by atoms with Crippen molar-refractivity contribution in [3.8, 4) is 0 Å². The lowest BCUT2D eigenvalue weighted by atomic mass is 10.0. The number of nitrogens with zero attached hydrogens (tertiary/aromatic N) is 3. The molecule has 0 spiro atoms. The highest BCUT2D eigenvalue weighted by Gasteiger charge is 2.53. The summed E-state index contributed by atoms with van der Waals surface area (Å²) in [4.78, 5) is 59.3. The zero-order valence-corrected chi connectivity index (χ0v) is 19.0. The first-order chi connectivity index (χ1) is 15.3. The Morgan fingerprint density at radius 1 is 1.41 bits per heavy atom. The number of anilines is 1. The van der Waals surface area contributed by atoms with Crippen LogP contribution in [0.15, 0.2) is 22.3 Å². The van der Waals surface area contributed by atoms with Crippen molar-refractivity contribution in [3.63, 3.8) is 0 Å². The summed E-state index contributed by atoms with van der Waals surface area (Å²) < 4.78 is 10.0. The average Bonchev–Trinajstić information content (AvgIpc) is 3.20. The van der Waals surface area contributed by atoms with Crippen molar-refractivity contribution in [1.29, 1.82) is 0 Å². The number of thiazole rings is 1. The lowest BCUT2D eigenvalue weighted by molar-refractivity contribution is -0.183. The Bertz CT molecular complexity index is 992. The molecule has 1 aromatic rings. The molecule has 2 aliphatic heterocycles. The molecule has 3 heterocycles. The second kappa shape index (κ2) is 9.99. The second-order valence-electron chi connectivity index (χ2n) is 6.48. The molecule has 2 aliphatic rings. The lowest BCUT2D eigenvalue weighted by Gasteiger charge is -2.48. The van der Waals surface area contributed by atoms with E-state index >= 15 is 0 Å². The van der Waals surface area contributed by atoms with Gasteiger partial charge in [-0.15, -0.1) is 23.1 Å². The normalized spacial score (nSPS) is 21.0. The number of oxime groups is 1. The van der Waals surface area contributed by atoms with Gasteiger partial charge in [-0.05, 0) is 6.08 Å². The van der Waals surface area contributed by atoms with E-state index in [9.17, 15) is 19.2 Å². The molecule has 2 unspecified atom stereocenters. The number of carbonyl (C=O) groups is 4. The van der Waals surface area contributed by atoms with Gasteiger partial charge in [0.1, 0.15) is 29.9 Å². The number of fused-ring (bicyclic) bond motifs is 1. The largest absolute Gasteiger partial charge is 0.425 e. The highest BCUT2D eigenvalue weighted by atomic mass is 32.2. The maximum Gasteiger partial charge on any atom is 0.357 e. The van der Waals surface area contributed by atoms with Crippen LogP contribution in [-0.4, -0.2) is 69.9 Å². The van der Waals surface area contributed by atoms with Crippen molar-refractivity contribution in [2.24, 2.45) is 5.16 Å². The highest BCUT2D eigenvalue weighted by molar-refractivity contribution is 8.00. The molecule has 3 rings (SSSR count). The zero-order chi connectivity index (χ0) is 23.4. The maximum absolute atomic E-state index is 12.7. The lowest BCUT2D eigenvalue weighted by Crippen LogP contribution is -2.70. The molecule has 32 heavy (non-hydrogen) atoms. The van der Waals surface area contributed by atoms with Crippen LogP contribution >= 0.6 is 23.1 Å². The monoisotopic (exact) mass is 483 g/mol. The van der Waals surface area contributed by atoms with Crippen molar-refractivity contribution in [1.82, 2.24) is 15.2 Å². The topological polar surface area (TPSA) is 163 Å². The van der Waals surface area contributed by atoms with E-state index in [-0.39, 0.29) is 28.7 Å². The van der Waals surface area contributed by atoms with Crippen LogP contribution < -0.4 is 11.1 Å². The number of ether oxygens (including phenoxy) is 2. The molecular weight excluding hydrogens is 462 g/mol. The van der Waals surface area contributed by atoms with Crippen molar-refractivity contribution in [2.75, 3.05) is 18.6 Å². The van der Waals surface area contributed by atoms with E-state index in [0.717, 1.165) is 11.3 Å². The van der Waals surface area contributed by atoms with Gasteiger partial charge in [0.2, 0.25) is 6.29 Å². The number of nitrogens with two attached hydrogens (primary N) is 1. The molecule has 0 saturated carbocycles. The van der Waals surface area contributed by atoms with Gasteiger partial charge in [-0.25, -0.2) is 9.78 Å². The SMILES string of the molecule is CCC(=O)OC(C)OC(=O)C1=CCS[C@H]2C(NC(=O)C(=NOC)c3csc(N)n3)C(=O)N12. The summed E-state index contributed by atoms with van der Waals surface area (Å²) in [6.45, 7) is 3.02. The predicted molar refractivity (Wildman–Crippen MR) is 115 cm³/mol. The van der Waals surface area contributed by atoms with Gasteiger partial charge in [0.25, 0.3) is 11.8 Å². The van der Waals surface area contributed by atoms with E-state index in [0.29, 0.717) is 5.75 Å². The molecule has 0 radical (unpaired) electrons. The van der Waals surface area contributed by atoms with Crippen LogP contribution in [0.3, 0.4) is 0 Å². The van der Waals surface area contributed by atoms with Gasteiger partial charge >= 0.3 is 11.9 Å². The van der Waals surface area contributed by atoms with Gasteiger partial charge < -0.3 is 25.4 Å². The third-order valence-corrected chi connectivity index (χ3v) is 6.22. The maximum atomic E-state index is 12.7. The summed E-state index contributed by atoms with van der Waals surface area (Å²) in [5, 5.41) is 7.57. The molecule has 172 valence electrons. The number of carbonyl (C=O) groups excluding carboxylic acids is 4. The first-order valence-electron chi connectivity index (χ1n) is 9.45. The number of amides is 2. The molecule has 12 nitrogen and oxygen atoms in total. The van der Waals surface area contributed by atoms with Gasteiger partial charge in [0.05, 0.1) is 0 Å². The summed E-state index contributed by atoms with van der Waals surface area (Å²) in [6.07, 6.45) is 0.579. The summed E-state index contributed by atoms with van der Waals surface area (Å²) in [6, 6.07) is -0.891. The number of rotatable bonds is 8. The smallest absolute Gasteiger partial charge is 0.357 e. The van der Waals surface area contributed by atoms with Crippen molar-refractivity contribution in [3.05, 3.63) is 22.8 Å². The molecule has 3 atom stereocenters. The van der Waals surface area contributed by atoms with Gasteiger partial charge in [-0.2, -0.15) is 0 Å². The minimum Gasteiger partial charge on any atom is -0.425 e. The molecule has 2 amide bonds. The predicted octanol–water partition coefficient (Wildman–Crippen LogP) is 0.202. The van der Waals surface area contributed by atoms with Gasteiger partial charge in [-0.1, -0.05) is 12.1 Å². The Hall–Kier alpha value is -3.13. The minimum atomic E-state index is -1.10. The number of nitrogens with one attached hydrogen (secondary N) is 1. The Kier molecular flexibility index (Phi) is 7.35. The molecule has 1 fully saturated rings. The standard InChI is InChI=1S/C18H21N5O7S2/c1-4-11(24)29-8(2)30-17(27)10-5-6-31-16-13(15(26)23(10)16)21-14(25)12(22-28-3)9-7-32-18(19)20-9/h5,7-8,13,16H,4,6H2,1-3H3,(H2,19,20)(H,21,25)/t8?,13?,16-/m0/s1. The minimum absolute atomic E-state index is 0.0294. The fourth-order valence-corrected chi connectivity index (χ4v) is 4.68. The molecular formula is C18H21N5O7S2. The van der Waals surface area contributed by atoms with Gasteiger partial charge in [-0.3, -0.25) is 19.3 Å². The fraction of sp³-hybridized carbons (Fsp3) is 0.444.